The van der Waals surface area contributed by atoms with E-state index in [1.165, 1.54) is 4.90 Å². The second kappa shape index (κ2) is 5.83. The number of rotatable bonds is 1. The summed E-state index contributed by atoms with van der Waals surface area (Å²) in [5, 5.41) is 9.23. The summed E-state index contributed by atoms with van der Waals surface area (Å²) in [4.78, 5) is 13.6. The van der Waals surface area contributed by atoms with E-state index in [1.54, 1.807) is 30.6 Å². The summed E-state index contributed by atoms with van der Waals surface area (Å²) in [5.74, 6) is 2.05. The van der Waals surface area contributed by atoms with E-state index >= 15 is 0 Å². The first-order valence-electron chi connectivity index (χ1n) is 5.56. The van der Waals surface area contributed by atoms with Gasteiger partial charge in [0.05, 0.1) is 4.24 Å². The maximum atomic E-state index is 12.1. The van der Waals surface area contributed by atoms with Crippen molar-refractivity contribution in [3.8, 4) is 6.07 Å². The van der Waals surface area contributed by atoms with Crippen LogP contribution in [0.4, 0.5) is 0 Å². The van der Waals surface area contributed by atoms with Crippen LogP contribution in [0.15, 0.2) is 9.93 Å². The van der Waals surface area contributed by atoms with Crippen LogP contribution >= 0.6 is 23.5 Å². The minimum atomic E-state index is -0.457. The van der Waals surface area contributed by atoms with Gasteiger partial charge in [0.2, 0.25) is 5.91 Å². The molecule has 0 bridgehead atoms. The van der Waals surface area contributed by atoms with Crippen molar-refractivity contribution in [2.75, 3.05) is 18.6 Å². The Morgan fingerprint density at radius 1 is 1.35 bits per heavy atom. The summed E-state index contributed by atoms with van der Waals surface area (Å²) in [6, 6.07) is 2.17. The van der Waals surface area contributed by atoms with Gasteiger partial charge in [-0.2, -0.15) is 5.26 Å². The van der Waals surface area contributed by atoms with E-state index in [0.29, 0.717) is 5.70 Å². The lowest BCUT2D eigenvalue weighted by molar-refractivity contribution is -0.135. The molecule has 1 fully saturated rings. The summed E-state index contributed by atoms with van der Waals surface area (Å²) in [7, 11) is 1.69. The molecule has 0 radical (unpaired) electrons. The number of allylic oxidation sites excluding steroid dienone is 1. The van der Waals surface area contributed by atoms with Crippen molar-refractivity contribution in [3.63, 3.8) is 0 Å². The number of amides is 1. The van der Waals surface area contributed by atoms with Crippen LogP contribution < -0.4 is 0 Å². The lowest BCUT2D eigenvalue weighted by Crippen LogP contribution is -2.36. The van der Waals surface area contributed by atoms with E-state index in [1.807, 2.05) is 20.8 Å². The quantitative estimate of drug-likeness (QED) is 0.687. The number of nitriles is 1. The number of hydrogen-bond acceptors (Lipinski definition) is 4. The average Bonchev–Trinajstić information content (AvgIpc) is 2.29. The van der Waals surface area contributed by atoms with Gasteiger partial charge in [0, 0.05) is 12.5 Å². The molecule has 1 aliphatic rings. The zero-order valence-corrected chi connectivity index (χ0v) is 12.4. The van der Waals surface area contributed by atoms with Gasteiger partial charge in [0.1, 0.15) is 11.8 Å². The largest absolute Gasteiger partial charge is 0.305 e. The second-order valence-corrected chi connectivity index (χ2v) is 7.38. The maximum Gasteiger partial charge on any atom is 0.232 e. The van der Waals surface area contributed by atoms with Gasteiger partial charge >= 0.3 is 0 Å². The second-order valence-electron chi connectivity index (χ2n) is 4.91. The summed E-state index contributed by atoms with van der Waals surface area (Å²) in [5.41, 5.74) is 0.0427. The fourth-order valence-corrected chi connectivity index (χ4v) is 4.03. The summed E-state index contributed by atoms with van der Waals surface area (Å²) in [6.45, 7) is 5.60. The Hall–Kier alpha value is -0.600. The molecule has 17 heavy (non-hydrogen) atoms. The van der Waals surface area contributed by atoms with Gasteiger partial charge in [-0.15, -0.1) is 23.5 Å². The third-order valence-corrected chi connectivity index (χ3v) is 4.94. The molecule has 0 atom stereocenters. The van der Waals surface area contributed by atoms with Crippen LogP contribution in [0.2, 0.25) is 0 Å². The van der Waals surface area contributed by atoms with Crippen LogP contribution in [0, 0.1) is 16.7 Å². The average molecular weight is 270 g/mol. The van der Waals surface area contributed by atoms with Crippen LogP contribution in [0.3, 0.4) is 0 Å². The van der Waals surface area contributed by atoms with Crippen molar-refractivity contribution < 1.29 is 4.79 Å². The number of nitrogens with zero attached hydrogens (tertiary/aromatic N) is 2. The van der Waals surface area contributed by atoms with E-state index in [2.05, 4.69) is 6.07 Å². The summed E-state index contributed by atoms with van der Waals surface area (Å²) >= 11 is 3.36. The van der Waals surface area contributed by atoms with Crippen molar-refractivity contribution in [1.82, 2.24) is 4.90 Å². The third-order valence-electron chi connectivity index (χ3n) is 2.34. The normalized spacial score (nSPS) is 16.3. The maximum absolute atomic E-state index is 12.1. The topological polar surface area (TPSA) is 44.1 Å². The Bertz CT molecular complexity index is 369. The highest BCUT2D eigenvalue weighted by Crippen LogP contribution is 2.38. The lowest BCUT2D eigenvalue weighted by Gasteiger charge is -2.27. The van der Waals surface area contributed by atoms with Crippen LogP contribution in [-0.2, 0) is 4.79 Å². The Kier molecular flexibility index (Phi) is 4.96. The van der Waals surface area contributed by atoms with Gasteiger partial charge in [-0.05, 0) is 17.9 Å². The summed E-state index contributed by atoms with van der Waals surface area (Å²) in [6.07, 6.45) is 1.16. The first-order valence-corrected chi connectivity index (χ1v) is 7.53. The van der Waals surface area contributed by atoms with Crippen molar-refractivity contribution >= 4 is 29.4 Å². The Balaban J connectivity index is 2.95. The molecule has 0 aromatic rings. The molecule has 1 heterocycles. The predicted octanol–water partition coefficient (Wildman–Crippen LogP) is 3.05. The first-order chi connectivity index (χ1) is 7.88. The van der Waals surface area contributed by atoms with Gasteiger partial charge in [-0.3, -0.25) is 4.79 Å². The van der Waals surface area contributed by atoms with Crippen molar-refractivity contribution in [2.45, 2.75) is 27.2 Å². The first kappa shape index (κ1) is 14.5. The minimum absolute atomic E-state index is 0.0201. The van der Waals surface area contributed by atoms with Crippen LogP contribution in [-0.4, -0.2) is 29.4 Å². The molecule has 0 aromatic heterocycles. The Morgan fingerprint density at radius 3 is 2.29 bits per heavy atom. The molecule has 0 aliphatic carbocycles. The van der Waals surface area contributed by atoms with Crippen LogP contribution in [0.1, 0.15) is 27.2 Å². The Morgan fingerprint density at radius 2 is 1.88 bits per heavy atom. The molecule has 1 rings (SSSR count). The predicted molar refractivity (Wildman–Crippen MR) is 74.4 cm³/mol. The van der Waals surface area contributed by atoms with E-state index in [9.17, 15) is 10.1 Å². The molecule has 1 aliphatic heterocycles. The van der Waals surface area contributed by atoms with Crippen LogP contribution in [0.25, 0.3) is 0 Å². The zero-order valence-electron chi connectivity index (χ0n) is 10.7. The third kappa shape index (κ3) is 3.68. The fraction of sp³-hybridized carbons (Fsp3) is 0.667. The molecule has 0 saturated carbocycles. The molecule has 94 valence electrons. The molecular formula is C12H18N2OS2. The van der Waals surface area contributed by atoms with Crippen molar-refractivity contribution in [3.05, 3.63) is 9.93 Å². The molecule has 0 unspecified atom stereocenters. The van der Waals surface area contributed by atoms with Gasteiger partial charge in [0.25, 0.3) is 0 Å². The van der Waals surface area contributed by atoms with Gasteiger partial charge in [-0.25, -0.2) is 0 Å². The fourth-order valence-electron chi connectivity index (χ4n) is 1.43. The number of carbonyl (C=O) groups excluding carboxylic acids is 1. The number of carbonyl (C=O) groups is 1. The number of hydrogen-bond donors (Lipinski definition) is 0. The standard InChI is InChI=1S/C12H18N2OS2/c1-12(2,3)11(15)14(4)9(8-13)10-16-6-5-7-17-10/h5-7H2,1-4H3. The summed E-state index contributed by atoms with van der Waals surface area (Å²) < 4.78 is 0.985. The van der Waals surface area contributed by atoms with E-state index in [-0.39, 0.29) is 5.91 Å². The molecule has 1 amide bonds. The molecule has 0 N–H and O–H groups in total. The van der Waals surface area contributed by atoms with Crippen molar-refractivity contribution in [2.24, 2.45) is 5.41 Å². The highest BCUT2D eigenvalue weighted by atomic mass is 32.2. The molecule has 0 aromatic carbocycles. The molecule has 3 nitrogen and oxygen atoms in total. The molecule has 5 heteroatoms. The minimum Gasteiger partial charge on any atom is -0.305 e. The highest BCUT2D eigenvalue weighted by Gasteiger charge is 2.29. The smallest absolute Gasteiger partial charge is 0.232 e. The van der Waals surface area contributed by atoms with E-state index in [4.69, 9.17) is 0 Å². The van der Waals surface area contributed by atoms with E-state index in [0.717, 1.165) is 22.2 Å². The van der Waals surface area contributed by atoms with Crippen LogP contribution in [0.5, 0.6) is 0 Å². The highest BCUT2D eigenvalue weighted by molar-refractivity contribution is 8.22. The zero-order chi connectivity index (χ0) is 13.1. The van der Waals surface area contributed by atoms with Gasteiger partial charge in [0.15, 0.2) is 0 Å². The van der Waals surface area contributed by atoms with Crippen molar-refractivity contribution in [1.29, 1.82) is 5.26 Å². The molecular weight excluding hydrogens is 252 g/mol. The Labute approximate surface area is 112 Å². The van der Waals surface area contributed by atoms with E-state index < -0.39 is 5.41 Å². The SMILES string of the molecule is CN(C(=O)C(C)(C)C)C(C#N)=C1SCCCS1. The van der Waals surface area contributed by atoms with Gasteiger partial charge in [-0.1, -0.05) is 20.8 Å². The molecule has 1 saturated heterocycles. The lowest BCUT2D eigenvalue weighted by atomic mass is 9.95. The number of thioether (sulfide) groups is 2. The monoisotopic (exact) mass is 270 g/mol. The van der Waals surface area contributed by atoms with Gasteiger partial charge < -0.3 is 4.90 Å². The molecule has 0 spiro atoms.